The summed E-state index contributed by atoms with van der Waals surface area (Å²) in [6.45, 7) is 0. The third-order valence-corrected chi connectivity index (χ3v) is 12.1. The third-order valence-electron chi connectivity index (χ3n) is 12.1. The summed E-state index contributed by atoms with van der Waals surface area (Å²) < 4.78 is 0. The van der Waals surface area contributed by atoms with Gasteiger partial charge >= 0.3 is 0 Å². The summed E-state index contributed by atoms with van der Waals surface area (Å²) in [6, 6.07) is 81.6. The van der Waals surface area contributed by atoms with Gasteiger partial charge in [-0.05, 0) is 124 Å². The summed E-state index contributed by atoms with van der Waals surface area (Å²) in [4.78, 5) is 0. The number of fused-ring (bicyclic) bond motifs is 4. The maximum absolute atomic E-state index is 4.03. The highest BCUT2D eigenvalue weighted by molar-refractivity contribution is 6.20. The SMILES string of the molecule is C1=C(c2cc(-c3ccccc3)cc(-c3c4ccccc4cc4c3ccc3ccccc34)c2)NC(c2ccc(-c3ccccc3)cc2)NC1c1ccccc1-c1ccccc1. The molecule has 0 amide bonds. The minimum atomic E-state index is -0.155. The van der Waals surface area contributed by atoms with Gasteiger partial charge < -0.3 is 5.32 Å². The molecule has 2 N–H and O–H groups in total. The topological polar surface area (TPSA) is 24.1 Å². The molecule has 0 fully saturated rings. The zero-order valence-electron chi connectivity index (χ0n) is 33.1. The van der Waals surface area contributed by atoms with Gasteiger partial charge in [-0.1, -0.05) is 200 Å². The average Bonchev–Trinajstić information content (AvgIpc) is 3.34. The smallest absolute Gasteiger partial charge is 0.104 e. The fraction of sp³-hybridized carbons (Fsp3) is 0.0345. The first-order chi connectivity index (χ1) is 29.7. The van der Waals surface area contributed by atoms with Gasteiger partial charge in [0.2, 0.25) is 0 Å². The first-order valence-electron chi connectivity index (χ1n) is 20.8. The molecular formula is C58H42N2. The molecule has 0 spiro atoms. The Balaban J connectivity index is 1.12. The van der Waals surface area contributed by atoms with E-state index in [4.69, 9.17) is 0 Å². The highest BCUT2D eigenvalue weighted by atomic mass is 15.2. The van der Waals surface area contributed by atoms with Gasteiger partial charge in [-0.2, -0.15) is 0 Å². The third kappa shape index (κ3) is 6.63. The largest absolute Gasteiger partial charge is 0.366 e. The molecular weight excluding hydrogens is 725 g/mol. The van der Waals surface area contributed by atoms with Crippen LogP contribution in [0.25, 0.3) is 82.5 Å². The van der Waals surface area contributed by atoms with E-state index < -0.39 is 0 Å². The zero-order chi connectivity index (χ0) is 39.8. The molecule has 1 aliphatic heterocycles. The van der Waals surface area contributed by atoms with Crippen LogP contribution in [-0.2, 0) is 0 Å². The van der Waals surface area contributed by atoms with Crippen LogP contribution < -0.4 is 10.6 Å². The highest BCUT2D eigenvalue weighted by Gasteiger charge is 2.27. The molecule has 2 heteroatoms. The molecule has 60 heavy (non-hydrogen) atoms. The predicted octanol–water partition coefficient (Wildman–Crippen LogP) is 14.8. The number of nitrogens with one attached hydrogen (secondary N) is 2. The van der Waals surface area contributed by atoms with Gasteiger partial charge in [-0.25, -0.2) is 0 Å². The number of hydrogen-bond acceptors (Lipinski definition) is 2. The molecule has 10 aromatic rings. The summed E-state index contributed by atoms with van der Waals surface area (Å²) in [5, 5.41) is 15.6. The number of hydrogen-bond donors (Lipinski definition) is 2. The van der Waals surface area contributed by atoms with E-state index in [0.717, 1.165) is 11.3 Å². The van der Waals surface area contributed by atoms with Crippen LogP contribution in [0.15, 0.2) is 231 Å². The molecule has 10 aromatic carbocycles. The van der Waals surface area contributed by atoms with E-state index in [1.54, 1.807) is 0 Å². The van der Waals surface area contributed by atoms with Crippen LogP contribution in [0, 0.1) is 0 Å². The van der Waals surface area contributed by atoms with E-state index >= 15 is 0 Å². The van der Waals surface area contributed by atoms with Crippen molar-refractivity contribution in [3.8, 4) is 44.5 Å². The van der Waals surface area contributed by atoms with Crippen molar-refractivity contribution in [1.82, 2.24) is 10.6 Å². The molecule has 2 unspecified atom stereocenters. The molecule has 0 radical (unpaired) electrons. The summed E-state index contributed by atoms with van der Waals surface area (Å²) in [5.74, 6) is 0. The Labute approximate surface area is 351 Å². The predicted molar refractivity (Wildman–Crippen MR) is 253 cm³/mol. The van der Waals surface area contributed by atoms with Crippen molar-refractivity contribution in [3.63, 3.8) is 0 Å². The Morgan fingerprint density at radius 1 is 0.333 bits per heavy atom. The van der Waals surface area contributed by atoms with E-state index in [1.807, 2.05) is 0 Å². The normalized spacial score (nSPS) is 15.2. The van der Waals surface area contributed by atoms with Gasteiger partial charge in [-0.15, -0.1) is 0 Å². The maximum atomic E-state index is 4.03. The molecule has 284 valence electrons. The number of rotatable bonds is 7. The monoisotopic (exact) mass is 766 g/mol. The van der Waals surface area contributed by atoms with Crippen LogP contribution >= 0.6 is 0 Å². The minimum absolute atomic E-state index is 0.0787. The van der Waals surface area contributed by atoms with E-state index in [2.05, 4.69) is 241 Å². The molecule has 0 aliphatic carbocycles. The van der Waals surface area contributed by atoms with Crippen molar-refractivity contribution in [2.45, 2.75) is 12.2 Å². The van der Waals surface area contributed by atoms with Crippen molar-refractivity contribution in [2.75, 3.05) is 0 Å². The lowest BCUT2D eigenvalue weighted by Gasteiger charge is -2.34. The molecule has 1 heterocycles. The second kappa shape index (κ2) is 15.3. The molecule has 2 atom stereocenters. The van der Waals surface area contributed by atoms with Crippen molar-refractivity contribution >= 4 is 38.0 Å². The van der Waals surface area contributed by atoms with E-state index in [0.29, 0.717) is 0 Å². The van der Waals surface area contributed by atoms with Crippen LogP contribution in [0.4, 0.5) is 0 Å². The van der Waals surface area contributed by atoms with Crippen molar-refractivity contribution in [2.24, 2.45) is 0 Å². The van der Waals surface area contributed by atoms with Crippen LogP contribution in [0.5, 0.6) is 0 Å². The Kier molecular flexibility index (Phi) is 9.11. The lowest BCUT2D eigenvalue weighted by molar-refractivity contribution is 0.443. The second-order valence-electron chi connectivity index (χ2n) is 15.8. The molecule has 0 aromatic heterocycles. The Bertz CT molecular complexity index is 3190. The van der Waals surface area contributed by atoms with Crippen LogP contribution in [0.3, 0.4) is 0 Å². The van der Waals surface area contributed by atoms with Gasteiger partial charge in [0, 0.05) is 5.70 Å². The Morgan fingerprint density at radius 3 is 1.65 bits per heavy atom. The van der Waals surface area contributed by atoms with Crippen LogP contribution in [-0.4, -0.2) is 0 Å². The summed E-state index contributed by atoms with van der Waals surface area (Å²) in [6.07, 6.45) is 2.23. The fourth-order valence-corrected chi connectivity index (χ4v) is 9.18. The summed E-state index contributed by atoms with van der Waals surface area (Å²) in [5.41, 5.74) is 14.3. The minimum Gasteiger partial charge on any atom is -0.366 e. The first-order valence-corrected chi connectivity index (χ1v) is 20.8. The lowest BCUT2D eigenvalue weighted by atomic mass is 9.87. The number of benzene rings is 10. The van der Waals surface area contributed by atoms with Gasteiger partial charge in [0.05, 0.1) is 6.04 Å². The van der Waals surface area contributed by atoms with E-state index in [9.17, 15) is 0 Å². The molecule has 0 saturated heterocycles. The summed E-state index contributed by atoms with van der Waals surface area (Å²) >= 11 is 0. The molecule has 2 nitrogen and oxygen atoms in total. The zero-order valence-corrected chi connectivity index (χ0v) is 33.1. The van der Waals surface area contributed by atoms with Crippen molar-refractivity contribution < 1.29 is 0 Å². The fourth-order valence-electron chi connectivity index (χ4n) is 9.18. The second-order valence-corrected chi connectivity index (χ2v) is 15.8. The van der Waals surface area contributed by atoms with Gasteiger partial charge in [0.1, 0.15) is 6.17 Å². The molecule has 1 aliphatic rings. The lowest BCUT2D eigenvalue weighted by Crippen LogP contribution is -2.39. The van der Waals surface area contributed by atoms with Crippen molar-refractivity contribution in [1.29, 1.82) is 0 Å². The van der Waals surface area contributed by atoms with Crippen molar-refractivity contribution in [3.05, 3.63) is 247 Å². The van der Waals surface area contributed by atoms with Crippen LogP contribution in [0.2, 0.25) is 0 Å². The molecule has 0 bridgehead atoms. The first kappa shape index (κ1) is 35.6. The average molecular weight is 767 g/mol. The molecule has 11 rings (SSSR count). The van der Waals surface area contributed by atoms with Gasteiger partial charge in [0.25, 0.3) is 0 Å². The Hall–Kier alpha value is -7.52. The molecule has 0 saturated carbocycles. The quantitative estimate of drug-likeness (QED) is 0.125. The van der Waals surface area contributed by atoms with Gasteiger partial charge in [0.15, 0.2) is 0 Å². The standard InChI is InChI=1S/C58H42N2/c1-4-16-39(17-5-1)41-28-30-44(31-29-41)58-59-55(38-56(60-58)52-27-15-14-24-49(52)42-20-8-3-9-21-42)47-34-46(40-18-6-2-7-19-40)35-48(36-47)57-51-26-13-11-23-45(51)37-54-50-25-12-10-22-43(50)32-33-53(54)57/h1-38,56,58-60H. The maximum Gasteiger partial charge on any atom is 0.104 e. The van der Waals surface area contributed by atoms with Crippen LogP contribution in [0.1, 0.15) is 28.9 Å². The highest BCUT2D eigenvalue weighted by Crippen LogP contribution is 2.43. The van der Waals surface area contributed by atoms with E-state index in [1.165, 1.54) is 88.0 Å². The summed E-state index contributed by atoms with van der Waals surface area (Å²) in [7, 11) is 0. The Morgan fingerprint density at radius 2 is 0.900 bits per heavy atom. The van der Waals surface area contributed by atoms with Gasteiger partial charge in [-0.3, -0.25) is 5.32 Å². The van der Waals surface area contributed by atoms with E-state index in [-0.39, 0.29) is 12.2 Å².